The van der Waals surface area contributed by atoms with Gasteiger partial charge in [0.05, 0.1) is 16.7 Å². The standard InChI is InChI=1S/C20H25N3O4S2/c24-19(23-20-22-17-6-2-1-3-7-18(17)28-20)14-8-10-16(11-9-14)29(25,26)21-13-15-5-4-12-27-15/h8-11,15,21H,1-7,12-13H2,(H,22,23,24). The maximum Gasteiger partial charge on any atom is 0.257 e. The first-order chi connectivity index (χ1) is 14.0. The van der Waals surface area contributed by atoms with Crippen LogP contribution in [0.5, 0.6) is 0 Å². The van der Waals surface area contributed by atoms with Crippen LogP contribution in [-0.2, 0) is 27.6 Å². The van der Waals surface area contributed by atoms with E-state index >= 15 is 0 Å². The topological polar surface area (TPSA) is 97.4 Å². The highest BCUT2D eigenvalue weighted by Crippen LogP contribution is 2.29. The first kappa shape index (κ1) is 20.5. The first-order valence-electron chi connectivity index (χ1n) is 10.0. The average Bonchev–Trinajstić information content (AvgIpc) is 3.32. The number of hydrogen-bond donors (Lipinski definition) is 2. The zero-order valence-corrected chi connectivity index (χ0v) is 17.8. The molecule has 1 aliphatic carbocycles. The number of hydrogen-bond acceptors (Lipinski definition) is 6. The number of nitrogens with zero attached hydrogens (tertiary/aromatic N) is 1. The van der Waals surface area contributed by atoms with E-state index in [9.17, 15) is 13.2 Å². The fourth-order valence-electron chi connectivity index (χ4n) is 3.63. The second-order valence-corrected chi connectivity index (χ2v) is 10.3. The van der Waals surface area contributed by atoms with Crippen molar-refractivity contribution in [3.05, 3.63) is 40.4 Å². The van der Waals surface area contributed by atoms with Crippen molar-refractivity contribution >= 4 is 32.4 Å². The molecule has 7 nitrogen and oxygen atoms in total. The molecule has 0 spiro atoms. The summed E-state index contributed by atoms with van der Waals surface area (Å²) in [5.41, 5.74) is 1.50. The summed E-state index contributed by atoms with van der Waals surface area (Å²) in [6.07, 6.45) is 7.27. The maximum atomic E-state index is 12.5. The van der Waals surface area contributed by atoms with Crippen molar-refractivity contribution in [2.45, 2.75) is 55.9 Å². The van der Waals surface area contributed by atoms with E-state index in [2.05, 4.69) is 15.0 Å². The van der Waals surface area contributed by atoms with Crippen LogP contribution in [0.1, 0.15) is 53.0 Å². The molecule has 1 unspecified atom stereocenters. The van der Waals surface area contributed by atoms with Gasteiger partial charge in [0.25, 0.3) is 5.91 Å². The summed E-state index contributed by atoms with van der Waals surface area (Å²) in [5.74, 6) is -0.287. The van der Waals surface area contributed by atoms with E-state index < -0.39 is 10.0 Å². The monoisotopic (exact) mass is 435 g/mol. The lowest BCUT2D eigenvalue weighted by Crippen LogP contribution is -2.31. The van der Waals surface area contributed by atoms with Gasteiger partial charge in [-0.1, -0.05) is 6.42 Å². The molecule has 1 fully saturated rings. The number of carbonyl (C=O) groups excluding carboxylic acids is 1. The number of amides is 1. The molecule has 2 aliphatic rings. The molecule has 4 rings (SSSR count). The Bertz CT molecular complexity index is 941. The molecule has 0 bridgehead atoms. The number of ether oxygens (including phenoxy) is 1. The summed E-state index contributed by atoms with van der Waals surface area (Å²) in [7, 11) is -3.63. The van der Waals surface area contributed by atoms with Crippen molar-refractivity contribution in [1.29, 1.82) is 0 Å². The highest BCUT2D eigenvalue weighted by Gasteiger charge is 2.21. The Labute approximate surface area is 174 Å². The number of fused-ring (bicyclic) bond motifs is 1. The van der Waals surface area contributed by atoms with Crippen molar-refractivity contribution < 1.29 is 17.9 Å². The van der Waals surface area contributed by atoms with Gasteiger partial charge < -0.3 is 4.74 Å². The van der Waals surface area contributed by atoms with Crippen LogP contribution in [0.3, 0.4) is 0 Å². The smallest absolute Gasteiger partial charge is 0.257 e. The highest BCUT2D eigenvalue weighted by molar-refractivity contribution is 7.89. The summed E-state index contributed by atoms with van der Waals surface area (Å²) in [4.78, 5) is 18.5. The Kier molecular flexibility index (Phi) is 6.29. The van der Waals surface area contributed by atoms with Gasteiger partial charge in [0, 0.05) is 23.6 Å². The van der Waals surface area contributed by atoms with Gasteiger partial charge in [-0.15, -0.1) is 11.3 Å². The molecular formula is C20H25N3O4S2. The number of sulfonamides is 1. The van der Waals surface area contributed by atoms with E-state index in [0.717, 1.165) is 37.8 Å². The molecule has 2 aromatic rings. The third kappa shape index (κ3) is 5.03. The molecule has 0 saturated carbocycles. The molecule has 1 atom stereocenters. The zero-order chi connectivity index (χ0) is 20.3. The molecule has 1 aliphatic heterocycles. The van der Waals surface area contributed by atoms with Gasteiger partial charge in [0.1, 0.15) is 0 Å². The van der Waals surface area contributed by atoms with Crippen LogP contribution in [-0.4, -0.2) is 38.6 Å². The average molecular weight is 436 g/mol. The van der Waals surface area contributed by atoms with E-state index in [-0.39, 0.29) is 23.5 Å². The van der Waals surface area contributed by atoms with Crippen LogP contribution >= 0.6 is 11.3 Å². The SMILES string of the molecule is O=C(Nc1nc2c(s1)CCCCC2)c1ccc(S(=O)(=O)NCC2CCCO2)cc1. The van der Waals surface area contributed by atoms with Crippen LogP contribution in [0.25, 0.3) is 0 Å². The highest BCUT2D eigenvalue weighted by atomic mass is 32.2. The van der Waals surface area contributed by atoms with Crippen LogP contribution in [0, 0.1) is 0 Å². The third-order valence-electron chi connectivity index (χ3n) is 5.27. The van der Waals surface area contributed by atoms with E-state index in [1.165, 1.54) is 53.3 Å². The summed E-state index contributed by atoms with van der Waals surface area (Å²) >= 11 is 1.54. The predicted octanol–water partition coefficient (Wildman–Crippen LogP) is 3.12. The van der Waals surface area contributed by atoms with Crippen LogP contribution in [0.15, 0.2) is 29.2 Å². The Balaban J connectivity index is 1.38. The van der Waals surface area contributed by atoms with Crippen molar-refractivity contribution in [3.63, 3.8) is 0 Å². The molecule has 156 valence electrons. The number of aromatic nitrogens is 1. The number of carbonyl (C=O) groups is 1. The summed E-state index contributed by atoms with van der Waals surface area (Å²) in [6.45, 7) is 0.942. The minimum Gasteiger partial charge on any atom is -0.377 e. The second-order valence-electron chi connectivity index (χ2n) is 7.41. The molecule has 1 saturated heterocycles. The van der Waals surface area contributed by atoms with Crippen LogP contribution in [0.2, 0.25) is 0 Å². The molecule has 1 aromatic carbocycles. The van der Waals surface area contributed by atoms with Gasteiger partial charge in [0.2, 0.25) is 10.0 Å². The van der Waals surface area contributed by atoms with Crippen molar-refractivity contribution in [2.24, 2.45) is 0 Å². The van der Waals surface area contributed by atoms with E-state index in [1.807, 2.05) is 0 Å². The second kappa shape index (κ2) is 8.91. The molecular weight excluding hydrogens is 410 g/mol. The van der Waals surface area contributed by atoms with Gasteiger partial charge in [0.15, 0.2) is 5.13 Å². The Morgan fingerprint density at radius 2 is 1.93 bits per heavy atom. The van der Waals surface area contributed by atoms with E-state index in [1.54, 1.807) is 0 Å². The summed E-state index contributed by atoms with van der Waals surface area (Å²) < 4.78 is 32.9. The quantitative estimate of drug-likeness (QED) is 0.680. The van der Waals surface area contributed by atoms with Gasteiger partial charge in [-0.2, -0.15) is 0 Å². The number of rotatable bonds is 6. The van der Waals surface area contributed by atoms with Gasteiger partial charge >= 0.3 is 0 Å². The van der Waals surface area contributed by atoms with Crippen LogP contribution < -0.4 is 10.0 Å². The maximum absolute atomic E-state index is 12.5. The number of benzene rings is 1. The lowest BCUT2D eigenvalue weighted by Gasteiger charge is -2.11. The van der Waals surface area contributed by atoms with Crippen molar-refractivity contribution in [3.8, 4) is 0 Å². The first-order valence-corrected chi connectivity index (χ1v) is 12.3. The number of anilines is 1. The Hall–Kier alpha value is -1.81. The Morgan fingerprint density at radius 1 is 1.14 bits per heavy atom. The fraction of sp³-hybridized carbons (Fsp3) is 0.500. The van der Waals surface area contributed by atoms with E-state index in [4.69, 9.17) is 4.74 Å². The largest absolute Gasteiger partial charge is 0.377 e. The Morgan fingerprint density at radius 3 is 2.69 bits per heavy atom. The normalized spacial score (nSPS) is 19.5. The third-order valence-corrected chi connectivity index (χ3v) is 7.78. The summed E-state index contributed by atoms with van der Waals surface area (Å²) in [5, 5.41) is 3.45. The number of aryl methyl sites for hydroxylation is 2. The minimum atomic E-state index is -3.63. The minimum absolute atomic E-state index is 0.0664. The van der Waals surface area contributed by atoms with Gasteiger partial charge in [-0.25, -0.2) is 18.1 Å². The molecule has 2 heterocycles. The molecule has 9 heteroatoms. The van der Waals surface area contributed by atoms with Crippen molar-refractivity contribution in [2.75, 3.05) is 18.5 Å². The zero-order valence-electron chi connectivity index (χ0n) is 16.1. The van der Waals surface area contributed by atoms with Crippen LogP contribution in [0.4, 0.5) is 5.13 Å². The molecule has 1 aromatic heterocycles. The molecule has 0 radical (unpaired) electrons. The number of thiazole rings is 1. The molecule has 29 heavy (non-hydrogen) atoms. The lowest BCUT2D eigenvalue weighted by atomic mass is 10.2. The number of nitrogens with one attached hydrogen (secondary N) is 2. The fourth-order valence-corrected chi connectivity index (χ4v) is 5.74. The molecule has 2 N–H and O–H groups in total. The van der Waals surface area contributed by atoms with Gasteiger partial charge in [-0.05, 0) is 62.8 Å². The lowest BCUT2D eigenvalue weighted by molar-refractivity contribution is 0.102. The van der Waals surface area contributed by atoms with Crippen molar-refractivity contribution in [1.82, 2.24) is 9.71 Å². The predicted molar refractivity (Wildman–Crippen MR) is 112 cm³/mol. The summed E-state index contributed by atoms with van der Waals surface area (Å²) in [6, 6.07) is 5.94. The molecule has 1 amide bonds. The van der Waals surface area contributed by atoms with Gasteiger partial charge in [-0.3, -0.25) is 10.1 Å². The van der Waals surface area contributed by atoms with E-state index in [0.29, 0.717) is 17.3 Å².